The zero-order valence-corrected chi connectivity index (χ0v) is 13.7. The molecular formula is C16H14ClN3O2S. The van der Waals surface area contributed by atoms with Gasteiger partial charge in [-0.1, -0.05) is 23.7 Å². The molecule has 0 bridgehead atoms. The lowest BCUT2D eigenvalue weighted by atomic mass is 10.2. The van der Waals surface area contributed by atoms with E-state index in [-0.39, 0.29) is 17.9 Å². The van der Waals surface area contributed by atoms with Crippen LogP contribution in [0.4, 0.5) is 0 Å². The highest BCUT2D eigenvalue weighted by molar-refractivity contribution is 7.16. The van der Waals surface area contributed by atoms with Gasteiger partial charge in [0, 0.05) is 24.5 Å². The van der Waals surface area contributed by atoms with Crippen molar-refractivity contribution in [2.75, 3.05) is 0 Å². The lowest BCUT2D eigenvalue weighted by molar-refractivity contribution is -0.121. The van der Waals surface area contributed by atoms with Crippen LogP contribution in [0.3, 0.4) is 0 Å². The lowest BCUT2D eigenvalue weighted by Crippen LogP contribution is -2.27. The number of nitrogens with one attached hydrogen (secondary N) is 1. The average Bonchev–Trinajstić information content (AvgIpc) is 3.02. The molecule has 1 amide bonds. The minimum atomic E-state index is -0.123. The molecule has 0 saturated heterocycles. The third kappa shape index (κ3) is 3.78. The number of carbonyl (C=O) groups is 1. The Labute approximate surface area is 141 Å². The van der Waals surface area contributed by atoms with Gasteiger partial charge in [-0.3, -0.25) is 14.2 Å². The summed E-state index contributed by atoms with van der Waals surface area (Å²) in [6, 6.07) is 9.08. The Kier molecular flexibility index (Phi) is 4.73. The first-order chi connectivity index (χ1) is 11.1. The molecule has 0 aliphatic rings. The van der Waals surface area contributed by atoms with Gasteiger partial charge < -0.3 is 5.32 Å². The number of benzene rings is 1. The second-order valence-corrected chi connectivity index (χ2v) is 6.37. The molecule has 7 heteroatoms. The molecule has 118 valence electrons. The van der Waals surface area contributed by atoms with E-state index >= 15 is 0 Å². The van der Waals surface area contributed by atoms with Crippen LogP contribution in [0.5, 0.6) is 0 Å². The number of aromatic nitrogens is 2. The molecule has 5 nitrogen and oxygen atoms in total. The van der Waals surface area contributed by atoms with Gasteiger partial charge in [0.1, 0.15) is 4.83 Å². The molecular weight excluding hydrogens is 334 g/mol. The van der Waals surface area contributed by atoms with Crippen LogP contribution in [0, 0.1) is 0 Å². The Hall–Kier alpha value is -2.18. The maximum Gasteiger partial charge on any atom is 0.262 e. The van der Waals surface area contributed by atoms with Crippen LogP contribution in [0.25, 0.3) is 10.2 Å². The van der Waals surface area contributed by atoms with Gasteiger partial charge >= 0.3 is 0 Å². The van der Waals surface area contributed by atoms with Crippen molar-refractivity contribution >= 4 is 39.1 Å². The number of hydrogen-bond donors (Lipinski definition) is 1. The van der Waals surface area contributed by atoms with Crippen molar-refractivity contribution in [2.45, 2.75) is 19.5 Å². The predicted molar refractivity (Wildman–Crippen MR) is 91.8 cm³/mol. The molecule has 1 aromatic carbocycles. The van der Waals surface area contributed by atoms with Crippen LogP contribution in [-0.2, 0) is 17.9 Å². The molecule has 0 unspecified atom stereocenters. The van der Waals surface area contributed by atoms with Gasteiger partial charge in [-0.15, -0.1) is 11.3 Å². The third-order valence-electron chi connectivity index (χ3n) is 3.41. The monoisotopic (exact) mass is 347 g/mol. The van der Waals surface area contributed by atoms with Crippen LogP contribution in [-0.4, -0.2) is 15.5 Å². The molecule has 0 atom stereocenters. The van der Waals surface area contributed by atoms with E-state index in [1.165, 1.54) is 22.2 Å². The number of hydrogen-bond acceptors (Lipinski definition) is 4. The van der Waals surface area contributed by atoms with Gasteiger partial charge in [-0.25, -0.2) is 4.98 Å². The summed E-state index contributed by atoms with van der Waals surface area (Å²) in [6.45, 7) is 0.717. The molecule has 3 aromatic rings. The summed E-state index contributed by atoms with van der Waals surface area (Å²) in [5, 5.41) is 5.88. The Morgan fingerprint density at radius 2 is 2.22 bits per heavy atom. The molecule has 2 aromatic heterocycles. The fraction of sp³-hybridized carbons (Fsp3) is 0.188. The van der Waals surface area contributed by atoms with E-state index in [1.54, 1.807) is 18.2 Å². The van der Waals surface area contributed by atoms with E-state index in [4.69, 9.17) is 11.6 Å². The van der Waals surface area contributed by atoms with E-state index in [2.05, 4.69) is 10.3 Å². The molecule has 1 N–H and O–H groups in total. The highest BCUT2D eigenvalue weighted by atomic mass is 35.5. The van der Waals surface area contributed by atoms with Crippen LogP contribution in [0.1, 0.15) is 12.0 Å². The highest BCUT2D eigenvalue weighted by Gasteiger charge is 2.07. The quantitative estimate of drug-likeness (QED) is 0.772. The van der Waals surface area contributed by atoms with Gasteiger partial charge in [0.05, 0.1) is 11.7 Å². The van der Waals surface area contributed by atoms with Crippen LogP contribution in [0.2, 0.25) is 5.02 Å². The summed E-state index contributed by atoms with van der Waals surface area (Å²) < 4.78 is 1.47. The topological polar surface area (TPSA) is 64.0 Å². The Bertz CT molecular complexity index is 903. The van der Waals surface area contributed by atoms with Crippen molar-refractivity contribution in [1.29, 1.82) is 0 Å². The van der Waals surface area contributed by atoms with Crippen molar-refractivity contribution in [2.24, 2.45) is 0 Å². The van der Waals surface area contributed by atoms with E-state index in [0.717, 1.165) is 10.4 Å². The highest BCUT2D eigenvalue weighted by Crippen LogP contribution is 2.13. The van der Waals surface area contributed by atoms with Crippen LogP contribution >= 0.6 is 22.9 Å². The Morgan fingerprint density at radius 1 is 1.35 bits per heavy atom. The summed E-state index contributed by atoms with van der Waals surface area (Å²) in [5.41, 5.74) is 0.822. The van der Waals surface area contributed by atoms with Crippen molar-refractivity contribution < 1.29 is 4.79 Å². The predicted octanol–water partition coefficient (Wildman–Crippen LogP) is 2.82. The first-order valence-electron chi connectivity index (χ1n) is 7.07. The number of halogens is 1. The molecule has 2 heterocycles. The maximum absolute atomic E-state index is 12.2. The van der Waals surface area contributed by atoms with Gasteiger partial charge in [-0.05, 0) is 29.1 Å². The first kappa shape index (κ1) is 15.7. The Balaban J connectivity index is 1.58. The SMILES string of the molecule is O=C(CCn1cnc2sccc2c1=O)NCc1cccc(Cl)c1. The number of carbonyl (C=O) groups excluding carboxylic acids is 1. The second-order valence-electron chi connectivity index (χ2n) is 5.04. The van der Waals surface area contributed by atoms with E-state index in [0.29, 0.717) is 23.5 Å². The molecule has 0 spiro atoms. The first-order valence-corrected chi connectivity index (χ1v) is 8.33. The second kappa shape index (κ2) is 6.93. The fourth-order valence-corrected chi connectivity index (χ4v) is 3.15. The maximum atomic E-state index is 12.2. The normalized spacial score (nSPS) is 10.8. The average molecular weight is 348 g/mol. The molecule has 0 aliphatic carbocycles. The van der Waals surface area contributed by atoms with Gasteiger partial charge in [0.25, 0.3) is 5.56 Å². The molecule has 0 fully saturated rings. The molecule has 0 saturated carbocycles. The van der Waals surface area contributed by atoms with Crippen LogP contribution in [0.15, 0.2) is 46.8 Å². The number of thiophene rings is 1. The largest absolute Gasteiger partial charge is 0.352 e. The number of fused-ring (bicyclic) bond motifs is 1. The third-order valence-corrected chi connectivity index (χ3v) is 4.46. The number of rotatable bonds is 5. The molecule has 3 rings (SSSR count). The minimum absolute atomic E-state index is 0.112. The Morgan fingerprint density at radius 3 is 3.04 bits per heavy atom. The van der Waals surface area contributed by atoms with Crippen molar-refractivity contribution in [3.63, 3.8) is 0 Å². The summed E-state index contributed by atoms with van der Waals surface area (Å²) in [6.07, 6.45) is 1.71. The van der Waals surface area contributed by atoms with Gasteiger partial charge in [0.15, 0.2) is 0 Å². The number of amides is 1. The molecule has 0 aliphatic heterocycles. The van der Waals surface area contributed by atoms with Crippen molar-refractivity contribution in [3.8, 4) is 0 Å². The summed E-state index contributed by atoms with van der Waals surface area (Å²) in [4.78, 5) is 29.1. The summed E-state index contributed by atoms with van der Waals surface area (Å²) in [5.74, 6) is -0.123. The van der Waals surface area contributed by atoms with Gasteiger partial charge in [0.2, 0.25) is 5.91 Å². The van der Waals surface area contributed by atoms with Crippen molar-refractivity contribution in [1.82, 2.24) is 14.9 Å². The standard InChI is InChI=1S/C16H14ClN3O2S/c17-12-3-1-2-11(8-12)9-18-14(21)4-6-20-10-19-15-13(16(20)22)5-7-23-15/h1-3,5,7-8,10H,4,6,9H2,(H,18,21). The van der Waals surface area contributed by atoms with Crippen molar-refractivity contribution in [3.05, 3.63) is 63.0 Å². The minimum Gasteiger partial charge on any atom is -0.352 e. The van der Waals surface area contributed by atoms with Crippen LogP contribution < -0.4 is 10.9 Å². The summed E-state index contributed by atoms with van der Waals surface area (Å²) >= 11 is 7.33. The fourth-order valence-electron chi connectivity index (χ4n) is 2.21. The van der Waals surface area contributed by atoms with E-state index in [1.807, 2.05) is 17.5 Å². The summed E-state index contributed by atoms with van der Waals surface area (Å²) in [7, 11) is 0. The van der Waals surface area contributed by atoms with E-state index in [9.17, 15) is 9.59 Å². The zero-order valence-electron chi connectivity index (χ0n) is 12.2. The smallest absolute Gasteiger partial charge is 0.262 e. The molecule has 23 heavy (non-hydrogen) atoms. The van der Waals surface area contributed by atoms with Gasteiger partial charge in [-0.2, -0.15) is 0 Å². The molecule has 0 radical (unpaired) electrons. The zero-order chi connectivity index (χ0) is 16.2. The number of nitrogens with zero attached hydrogens (tertiary/aromatic N) is 2. The number of aryl methyl sites for hydroxylation is 1. The van der Waals surface area contributed by atoms with E-state index < -0.39 is 0 Å². The lowest BCUT2D eigenvalue weighted by Gasteiger charge is -2.07.